The maximum Gasteiger partial charge on any atom is 0.333 e. The summed E-state index contributed by atoms with van der Waals surface area (Å²) in [6, 6.07) is 15.6. The fourth-order valence-corrected chi connectivity index (χ4v) is 8.21. The zero-order valence-electron chi connectivity index (χ0n) is 36.1. The average Bonchev–Trinajstić information content (AvgIpc) is 3.58. The molecule has 2 aromatic heterocycles. The lowest BCUT2D eigenvalue weighted by molar-refractivity contribution is -0.138. The van der Waals surface area contributed by atoms with Crippen LogP contribution in [0.3, 0.4) is 0 Å². The number of esters is 2. The lowest BCUT2D eigenvalue weighted by Gasteiger charge is -2.22. The topological polar surface area (TPSA) is 188 Å². The number of nitrogens with zero attached hydrogens (tertiary/aromatic N) is 6. The second kappa shape index (κ2) is 17.8. The molecule has 2 N–H and O–H groups in total. The van der Waals surface area contributed by atoms with Gasteiger partial charge in [-0.05, 0) is 57.4 Å². The van der Waals surface area contributed by atoms with E-state index in [0.29, 0.717) is 11.4 Å². The molecular formula is C47H50N6O10. The Morgan fingerprint density at radius 2 is 0.984 bits per heavy atom. The van der Waals surface area contributed by atoms with E-state index in [4.69, 9.17) is 9.47 Å². The molecule has 0 atom stereocenters. The van der Waals surface area contributed by atoms with Crippen LogP contribution in [0.1, 0.15) is 56.4 Å². The molecule has 16 heteroatoms. The van der Waals surface area contributed by atoms with Gasteiger partial charge in [0.25, 0.3) is 11.1 Å². The van der Waals surface area contributed by atoms with E-state index in [-0.39, 0.29) is 56.9 Å². The number of hydrogen-bond donors (Lipinski definition) is 2. The van der Waals surface area contributed by atoms with E-state index in [1.165, 1.54) is 12.2 Å². The first-order valence-corrected chi connectivity index (χ1v) is 20.2. The number of carbonyl (C=O) groups is 2. The lowest BCUT2D eigenvalue weighted by Crippen LogP contribution is -2.43. The zero-order chi connectivity index (χ0) is 46.0. The highest BCUT2D eigenvalue weighted by molar-refractivity contribution is 5.81. The average molecular weight is 859 g/mol. The SMILES string of the molecule is C=CC(=O)OCCn1c(=O)c(C=C=C2N(C)c3ccccc3C2(C)C)c(O)n(CCCn2c(O)c(C=C=C3N(C)c4ccccc4C3(C)C)c(=O)n(CCOC(=O)C=C)c2=O)c1=O. The van der Waals surface area contributed by atoms with E-state index < -0.39 is 57.0 Å². The number of aromatic hydroxyl groups is 2. The van der Waals surface area contributed by atoms with Crippen LogP contribution < -0.4 is 32.3 Å². The molecule has 0 spiro atoms. The Labute approximate surface area is 362 Å². The zero-order valence-corrected chi connectivity index (χ0v) is 36.1. The summed E-state index contributed by atoms with van der Waals surface area (Å²) in [6.45, 7) is 12.7. The molecule has 4 heterocycles. The van der Waals surface area contributed by atoms with Gasteiger partial charge in [-0.2, -0.15) is 0 Å². The summed E-state index contributed by atoms with van der Waals surface area (Å²) >= 11 is 0. The second-order valence-corrected chi connectivity index (χ2v) is 16.0. The van der Waals surface area contributed by atoms with E-state index in [1.54, 1.807) is 0 Å². The number of hydrogen-bond acceptors (Lipinski definition) is 12. The number of para-hydroxylation sites is 2. The summed E-state index contributed by atoms with van der Waals surface area (Å²) in [5, 5.41) is 23.2. The van der Waals surface area contributed by atoms with Crippen LogP contribution in [0.4, 0.5) is 11.4 Å². The third-order valence-electron chi connectivity index (χ3n) is 11.5. The molecule has 63 heavy (non-hydrogen) atoms. The van der Waals surface area contributed by atoms with Crippen LogP contribution in [0, 0.1) is 0 Å². The molecule has 0 saturated carbocycles. The molecule has 0 saturated heterocycles. The van der Waals surface area contributed by atoms with Crippen LogP contribution in [0.2, 0.25) is 0 Å². The van der Waals surface area contributed by atoms with Crippen LogP contribution in [0.5, 0.6) is 11.8 Å². The quantitative estimate of drug-likeness (QED) is 0.105. The van der Waals surface area contributed by atoms with Crippen molar-refractivity contribution < 1.29 is 29.3 Å². The van der Waals surface area contributed by atoms with Gasteiger partial charge in [-0.1, -0.05) is 61.0 Å². The molecule has 4 aromatic rings. The van der Waals surface area contributed by atoms with Gasteiger partial charge in [0.05, 0.1) is 24.5 Å². The predicted octanol–water partition coefficient (Wildman–Crippen LogP) is 4.14. The highest BCUT2D eigenvalue weighted by Crippen LogP contribution is 2.47. The molecule has 328 valence electrons. The number of carbonyl (C=O) groups excluding carboxylic acids is 2. The standard InChI is InChI=1S/C47H50N6O10/c1-9-38(54)62-28-26-52-42(58)30(20-22-36-46(3,4)32-16-11-13-18-34(32)48(36)7)40(56)50(44(52)60)24-15-25-51-41(57)31(43(59)53(45(51)61)27-29-63-39(55)10-2)21-23-37-47(5,6)33-17-12-14-19-35(33)49(37)8/h9-14,16-21,56-57H,1-2,15,24-29H2,3-8H3. The summed E-state index contributed by atoms with van der Waals surface area (Å²) in [5.74, 6) is -2.90. The highest BCUT2D eigenvalue weighted by atomic mass is 16.5. The van der Waals surface area contributed by atoms with Gasteiger partial charge in [0.2, 0.25) is 11.8 Å². The summed E-state index contributed by atoms with van der Waals surface area (Å²) in [4.78, 5) is 83.0. The van der Waals surface area contributed by atoms with E-state index in [1.807, 2.05) is 100 Å². The van der Waals surface area contributed by atoms with Crippen molar-refractivity contribution in [2.75, 3.05) is 37.1 Å². The van der Waals surface area contributed by atoms with Gasteiger partial charge in [0.1, 0.15) is 24.3 Å². The Kier molecular flexibility index (Phi) is 12.7. The van der Waals surface area contributed by atoms with Gasteiger partial charge < -0.3 is 29.5 Å². The van der Waals surface area contributed by atoms with Crippen molar-refractivity contribution in [1.29, 1.82) is 0 Å². The van der Waals surface area contributed by atoms with Gasteiger partial charge in [-0.25, -0.2) is 19.2 Å². The molecule has 0 fully saturated rings. The third kappa shape index (κ3) is 8.29. The maximum absolute atomic E-state index is 13.9. The molecule has 6 rings (SSSR count). The normalized spacial score (nSPS) is 14.3. The molecule has 2 aliphatic rings. The second-order valence-electron chi connectivity index (χ2n) is 16.0. The van der Waals surface area contributed by atoms with Crippen LogP contribution >= 0.6 is 0 Å². The minimum Gasteiger partial charge on any atom is -0.494 e. The Morgan fingerprint density at radius 3 is 1.33 bits per heavy atom. The fraction of sp³-hybridized carbons (Fsp3) is 0.319. The largest absolute Gasteiger partial charge is 0.494 e. The van der Waals surface area contributed by atoms with Gasteiger partial charge in [0.15, 0.2) is 0 Å². The number of ether oxygens (including phenoxy) is 2. The van der Waals surface area contributed by atoms with Crippen LogP contribution in [-0.4, -0.2) is 67.7 Å². The maximum atomic E-state index is 13.9. The molecule has 0 aliphatic carbocycles. The molecule has 2 aliphatic heterocycles. The first-order chi connectivity index (χ1) is 29.9. The molecule has 0 bridgehead atoms. The van der Waals surface area contributed by atoms with Crippen molar-refractivity contribution in [2.24, 2.45) is 0 Å². The summed E-state index contributed by atoms with van der Waals surface area (Å²) in [6.07, 6.45) is 4.39. The lowest BCUT2D eigenvalue weighted by atomic mass is 9.84. The molecule has 16 nitrogen and oxygen atoms in total. The molecule has 0 amide bonds. The first kappa shape index (κ1) is 45.0. The number of benzene rings is 2. The van der Waals surface area contributed by atoms with E-state index in [2.05, 4.69) is 24.6 Å². The summed E-state index contributed by atoms with van der Waals surface area (Å²) in [5.41, 5.74) is 6.42. The fourth-order valence-electron chi connectivity index (χ4n) is 8.21. The van der Waals surface area contributed by atoms with Crippen molar-refractivity contribution >= 4 is 35.5 Å². The van der Waals surface area contributed by atoms with E-state index in [0.717, 1.165) is 52.9 Å². The minimum absolute atomic E-state index is 0.0983. The minimum atomic E-state index is -0.937. The molecule has 0 radical (unpaired) electrons. The van der Waals surface area contributed by atoms with Crippen molar-refractivity contribution in [2.45, 2.75) is 71.1 Å². The smallest absolute Gasteiger partial charge is 0.333 e. The summed E-state index contributed by atoms with van der Waals surface area (Å²) < 4.78 is 13.6. The number of likely N-dealkylation sites (N-methyl/N-ethyl adjacent to an activating group) is 2. The van der Waals surface area contributed by atoms with Crippen LogP contribution in [0.15, 0.2) is 116 Å². The van der Waals surface area contributed by atoms with Gasteiger partial charge >= 0.3 is 23.3 Å². The van der Waals surface area contributed by atoms with Crippen LogP contribution in [0.25, 0.3) is 12.2 Å². The Hall–Kier alpha value is -7.54. The Balaban J connectivity index is 1.41. The molecule has 2 aromatic carbocycles. The number of anilines is 2. The number of fused-ring (bicyclic) bond motifs is 2. The van der Waals surface area contributed by atoms with Crippen LogP contribution in [-0.2, 0) is 56.1 Å². The Morgan fingerprint density at radius 1 is 0.619 bits per heavy atom. The number of aromatic nitrogens is 4. The monoisotopic (exact) mass is 858 g/mol. The first-order valence-electron chi connectivity index (χ1n) is 20.2. The molecular weight excluding hydrogens is 809 g/mol. The van der Waals surface area contributed by atoms with Crippen molar-refractivity contribution in [3.8, 4) is 11.8 Å². The van der Waals surface area contributed by atoms with Gasteiger partial charge in [-0.15, -0.1) is 0 Å². The van der Waals surface area contributed by atoms with E-state index >= 15 is 0 Å². The predicted molar refractivity (Wildman–Crippen MR) is 239 cm³/mol. The van der Waals surface area contributed by atoms with E-state index in [9.17, 15) is 39.0 Å². The Bertz CT molecular complexity index is 2730. The van der Waals surface area contributed by atoms with Crippen molar-refractivity contribution in [3.05, 3.63) is 161 Å². The van der Waals surface area contributed by atoms with Gasteiger partial charge in [0, 0.05) is 73.7 Å². The third-order valence-corrected chi connectivity index (χ3v) is 11.5. The number of rotatable bonds is 14. The number of allylic oxidation sites excluding steroid dienone is 2. The van der Waals surface area contributed by atoms with Crippen molar-refractivity contribution in [3.63, 3.8) is 0 Å². The highest BCUT2D eigenvalue weighted by Gasteiger charge is 2.39. The summed E-state index contributed by atoms with van der Waals surface area (Å²) in [7, 11) is 3.71. The van der Waals surface area contributed by atoms with Crippen molar-refractivity contribution in [1.82, 2.24) is 18.3 Å². The molecule has 0 unspecified atom stereocenters. The van der Waals surface area contributed by atoms with Gasteiger partial charge in [-0.3, -0.25) is 27.9 Å².